The Morgan fingerprint density at radius 3 is 3.19 bits per heavy atom. The Balaban J connectivity index is 1.78. The van der Waals surface area contributed by atoms with Gasteiger partial charge >= 0.3 is 0 Å². The van der Waals surface area contributed by atoms with Crippen LogP contribution in [0.1, 0.15) is 23.2 Å². The highest BCUT2D eigenvalue weighted by atomic mass is 16.5. The van der Waals surface area contributed by atoms with Crippen LogP contribution in [-0.4, -0.2) is 60.8 Å². The number of aromatic nitrogens is 1. The van der Waals surface area contributed by atoms with Crippen molar-refractivity contribution in [1.29, 1.82) is 0 Å². The molecule has 116 valence electrons. The number of nitrogens with zero attached hydrogens (tertiary/aromatic N) is 2. The lowest BCUT2D eigenvalue weighted by atomic mass is 9.98. The molecule has 1 aromatic rings. The van der Waals surface area contributed by atoms with E-state index in [0.717, 1.165) is 39.1 Å². The lowest BCUT2D eigenvalue weighted by Crippen LogP contribution is -2.42. The number of amides is 1. The molecule has 0 saturated carbocycles. The van der Waals surface area contributed by atoms with Gasteiger partial charge in [-0.2, -0.15) is 0 Å². The lowest BCUT2D eigenvalue weighted by Gasteiger charge is -2.32. The van der Waals surface area contributed by atoms with E-state index in [1.54, 1.807) is 7.11 Å². The van der Waals surface area contributed by atoms with E-state index in [4.69, 9.17) is 4.74 Å². The van der Waals surface area contributed by atoms with Gasteiger partial charge in [-0.1, -0.05) is 0 Å². The van der Waals surface area contributed by atoms with E-state index in [9.17, 15) is 9.90 Å². The second kappa shape index (κ2) is 7.95. The van der Waals surface area contributed by atoms with Crippen LogP contribution in [0.4, 0.5) is 0 Å². The van der Waals surface area contributed by atoms with Crippen LogP contribution in [0.3, 0.4) is 0 Å². The maximum absolute atomic E-state index is 12.0. The van der Waals surface area contributed by atoms with Gasteiger partial charge in [0.25, 0.3) is 5.91 Å². The molecule has 0 aromatic carbocycles. The Morgan fingerprint density at radius 2 is 2.43 bits per heavy atom. The fraction of sp³-hybridized carbons (Fsp3) is 0.600. The molecule has 1 amide bonds. The largest absolute Gasteiger partial charge is 0.506 e. The summed E-state index contributed by atoms with van der Waals surface area (Å²) in [5.74, 6) is 0.281. The molecule has 0 spiro atoms. The molecular formula is C15H23N3O3. The number of piperidine rings is 1. The van der Waals surface area contributed by atoms with E-state index < -0.39 is 0 Å². The van der Waals surface area contributed by atoms with E-state index in [-0.39, 0.29) is 11.7 Å². The maximum Gasteiger partial charge on any atom is 0.252 e. The van der Waals surface area contributed by atoms with Crippen LogP contribution in [0.25, 0.3) is 0 Å². The minimum absolute atomic E-state index is 0.00561. The number of hydrogen-bond acceptors (Lipinski definition) is 5. The molecule has 2 heterocycles. The summed E-state index contributed by atoms with van der Waals surface area (Å²) < 4.78 is 5.11. The highest BCUT2D eigenvalue weighted by molar-refractivity contribution is 5.94. The molecule has 0 aliphatic carbocycles. The average molecular weight is 293 g/mol. The van der Waals surface area contributed by atoms with Crippen LogP contribution in [0, 0.1) is 5.92 Å². The summed E-state index contributed by atoms with van der Waals surface area (Å²) in [5.41, 5.74) is 0.391. The van der Waals surface area contributed by atoms with Crippen LogP contribution in [-0.2, 0) is 4.74 Å². The summed E-state index contributed by atoms with van der Waals surface area (Å²) in [6.07, 6.45) is 5.05. The van der Waals surface area contributed by atoms with Crippen LogP contribution in [0.15, 0.2) is 18.5 Å². The van der Waals surface area contributed by atoms with Crippen molar-refractivity contribution in [2.45, 2.75) is 12.8 Å². The zero-order chi connectivity index (χ0) is 15.1. The van der Waals surface area contributed by atoms with Crippen molar-refractivity contribution in [1.82, 2.24) is 15.2 Å². The van der Waals surface area contributed by atoms with Gasteiger partial charge in [0, 0.05) is 32.9 Å². The van der Waals surface area contributed by atoms with Crippen LogP contribution < -0.4 is 5.32 Å². The molecule has 1 unspecified atom stereocenters. The Hall–Kier alpha value is -1.66. The number of pyridine rings is 1. The first-order valence-corrected chi connectivity index (χ1v) is 7.32. The van der Waals surface area contributed by atoms with Gasteiger partial charge < -0.3 is 20.1 Å². The van der Waals surface area contributed by atoms with Crippen molar-refractivity contribution in [3.63, 3.8) is 0 Å². The van der Waals surface area contributed by atoms with Gasteiger partial charge in [-0.25, -0.2) is 0 Å². The Morgan fingerprint density at radius 1 is 1.57 bits per heavy atom. The third kappa shape index (κ3) is 4.99. The zero-order valence-electron chi connectivity index (χ0n) is 12.4. The SMILES string of the molecule is COCCN1CCCC(CNC(=O)c2cncc(O)c2)C1. The minimum Gasteiger partial charge on any atom is -0.506 e. The maximum atomic E-state index is 12.0. The number of aromatic hydroxyl groups is 1. The zero-order valence-corrected chi connectivity index (χ0v) is 12.4. The molecule has 6 nitrogen and oxygen atoms in total. The van der Waals surface area contributed by atoms with Crippen molar-refractivity contribution < 1.29 is 14.6 Å². The van der Waals surface area contributed by atoms with Crippen LogP contribution in [0.5, 0.6) is 5.75 Å². The molecular weight excluding hydrogens is 270 g/mol. The van der Waals surface area contributed by atoms with E-state index in [1.807, 2.05) is 0 Å². The van der Waals surface area contributed by atoms with Crippen molar-refractivity contribution in [2.24, 2.45) is 5.92 Å². The van der Waals surface area contributed by atoms with Gasteiger partial charge in [-0.05, 0) is 31.4 Å². The van der Waals surface area contributed by atoms with Crippen molar-refractivity contribution >= 4 is 5.91 Å². The minimum atomic E-state index is -0.188. The molecule has 0 radical (unpaired) electrons. The molecule has 1 saturated heterocycles. The topological polar surface area (TPSA) is 74.7 Å². The fourth-order valence-electron chi connectivity index (χ4n) is 2.63. The molecule has 1 aliphatic rings. The quantitative estimate of drug-likeness (QED) is 0.814. The molecule has 2 rings (SSSR count). The Bertz CT molecular complexity index is 467. The van der Waals surface area contributed by atoms with Gasteiger partial charge in [-0.15, -0.1) is 0 Å². The first kappa shape index (κ1) is 15.7. The average Bonchev–Trinajstić information content (AvgIpc) is 2.51. The highest BCUT2D eigenvalue weighted by Gasteiger charge is 2.20. The molecule has 1 atom stereocenters. The van der Waals surface area contributed by atoms with Gasteiger partial charge in [0.2, 0.25) is 0 Å². The highest BCUT2D eigenvalue weighted by Crippen LogP contribution is 2.16. The molecule has 1 aromatic heterocycles. The molecule has 1 fully saturated rings. The molecule has 21 heavy (non-hydrogen) atoms. The summed E-state index contributed by atoms with van der Waals surface area (Å²) in [6.45, 7) is 4.43. The molecule has 1 aliphatic heterocycles. The van der Waals surface area contributed by atoms with Gasteiger partial charge in [0.1, 0.15) is 5.75 Å². The van der Waals surface area contributed by atoms with Crippen molar-refractivity contribution in [3.05, 3.63) is 24.0 Å². The number of carbonyl (C=O) groups excluding carboxylic acids is 1. The number of hydrogen-bond donors (Lipinski definition) is 2. The first-order valence-electron chi connectivity index (χ1n) is 7.32. The second-order valence-electron chi connectivity index (χ2n) is 5.44. The first-order chi connectivity index (χ1) is 10.2. The molecule has 6 heteroatoms. The number of ether oxygens (including phenoxy) is 1. The Kier molecular flexibility index (Phi) is 5.95. The summed E-state index contributed by atoms with van der Waals surface area (Å²) in [4.78, 5) is 18.2. The molecule has 0 bridgehead atoms. The van der Waals surface area contributed by atoms with E-state index >= 15 is 0 Å². The van der Waals surface area contributed by atoms with Crippen LogP contribution >= 0.6 is 0 Å². The fourth-order valence-corrected chi connectivity index (χ4v) is 2.63. The summed E-state index contributed by atoms with van der Waals surface area (Å²) in [7, 11) is 1.71. The number of likely N-dealkylation sites (tertiary alicyclic amines) is 1. The van der Waals surface area contributed by atoms with Gasteiger partial charge in [-0.3, -0.25) is 9.78 Å². The van der Waals surface area contributed by atoms with E-state index in [1.165, 1.54) is 18.5 Å². The second-order valence-corrected chi connectivity index (χ2v) is 5.44. The van der Waals surface area contributed by atoms with E-state index in [0.29, 0.717) is 18.0 Å². The summed E-state index contributed by atoms with van der Waals surface area (Å²) in [6, 6.07) is 1.42. The Labute approximate surface area is 125 Å². The number of rotatable bonds is 6. The van der Waals surface area contributed by atoms with Gasteiger partial charge in [0.05, 0.1) is 18.4 Å². The standard InChI is InChI=1S/C15H23N3O3/c1-21-6-5-18-4-2-3-12(11-18)8-17-15(20)13-7-14(19)10-16-9-13/h7,9-10,12,19H,2-6,8,11H2,1H3,(H,17,20). The van der Waals surface area contributed by atoms with Crippen LogP contribution in [0.2, 0.25) is 0 Å². The van der Waals surface area contributed by atoms with Crippen molar-refractivity contribution in [2.75, 3.05) is 39.9 Å². The lowest BCUT2D eigenvalue weighted by molar-refractivity contribution is 0.0912. The van der Waals surface area contributed by atoms with Gasteiger partial charge in [0.15, 0.2) is 0 Å². The predicted molar refractivity (Wildman–Crippen MR) is 79.3 cm³/mol. The smallest absolute Gasteiger partial charge is 0.252 e. The monoisotopic (exact) mass is 293 g/mol. The summed E-state index contributed by atoms with van der Waals surface area (Å²) >= 11 is 0. The predicted octanol–water partition coefficient (Wildman–Crippen LogP) is 0.875. The number of nitrogens with one attached hydrogen (secondary N) is 1. The molecule has 2 N–H and O–H groups in total. The summed E-state index contributed by atoms with van der Waals surface area (Å²) in [5, 5.41) is 12.3. The van der Waals surface area contributed by atoms with Crippen molar-refractivity contribution in [3.8, 4) is 5.75 Å². The number of carbonyl (C=O) groups is 1. The van der Waals surface area contributed by atoms with E-state index in [2.05, 4.69) is 15.2 Å². The third-order valence-corrected chi connectivity index (χ3v) is 3.75. The number of methoxy groups -OCH3 is 1. The third-order valence-electron chi connectivity index (χ3n) is 3.75. The normalized spacial score (nSPS) is 19.4.